The number of nitrogens with one attached hydrogen (secondary N) is 2. The van der Waals surface area contributed by atoms with Crippen LogP contribution in [0.2, 0.25) is 0 Å². The number of allylic oxidation sites excluding steroid dienone is 3. The fourth-order valence-corrected chi connectivity index (χ4v) is 4.92. The lowest BCUT2D eigenvalue weighted by Gasteiger charge is -2.36. The number of ether oxygens (including phenoxy) is 1. The topological polar surface area (TPSA) is 98.6 Å². The Morgan fingerprint density at radius 1 is 1.13 bits per heavy atom. The van der Waals surface area contributed by atoms with Crippen molar-refractivity contribution in [1.82, 2.24) is 20.4 Å². The van der Waals surface area contributed by atoms with Gasteiger partial charge in [-0.15, -0.1) is 0 Å². The molecule has 1 fully saturated rings. The van der Waals surface area contributed by atoms with Crippen LogP contribution in [-0.2, 0) is 13.0 Å². The van der Waals surface area contributed by atoms with Crippen LogP contribution in [0.15, 0.2) is 46.3 Å². The Balaban J connectivity index is 1.38. The van der Waals surface area contributed by atoms with Crippen LogP contribution in [0, 0.1) is 5.92 Å². The van der Waals surface area contributed by atoms with Crippen LogP contribution in [0.4, 0.5) is 4.79 Å². The van der Waals surface area contributed by atoms with E-state index in [0.29, 0.717) is 30.3 Å². The minimum absolute atomic E-state index is 0.0962. The first-order valence-electron chi connectivity index (χ1n) is 13.7. The number of hydrogen-bond donors (Lipinski definition) is 2. The zero-order valence-electron chi connectivity index (χ0n) is 22.8. The first-order chi connectivity index (χ1) is 18.4. The van der Waals surface area contributed by atoms with Gasteiger partial charge in [-0.1, -0.05) is 19.9 Å². The van der Waals surface area contributed by atoms with Crippen LogP contribution in [0.3, 0.4) is 0 Å². The molecule has 0 aromatic heterocycles. The lowest BCUT2D eigenvalue weighted by molar-refractivity contribution is 0.0937. The monoisotopic (exact) mass is 520 g/mol. The number of amides is 3. The van der Waals surface area contributed by atoms with Crippen molar-refractivity contribution in [2.45, 2.75) is 65.1 Å². The van der Waals surface area contributed by atoms with Gasteiger partial charge < -0.3 is 25.2 Å². The van der Waals surface area contributed by atoms with Crippen molar-refractivity contribution < 1.29 is 14.3 Å². The summed E-state index contributed by atoms with van der Waals surface area (Å²) >= 11 is 0. The first kappa shape index (κ1) is 27.4. The second-order valence-electron chi connectivity index (χ2n) is 10.4. The summed E-state index contributed by atoms with van der Waals surface area (Å²) in [7, 11) is 1.57. The molecule has 9 heteroatoms. The number of hydrogen-bond acceptors (Lipinski definition) is 6. The molecular weight excluding hydrogens is 480 g/mol. The molecule has 1 unspecified atom stereocenters. The van der Waals surface area contributed by atoms with Gasteiger partial charge in [-0.25, -0.2) is 4.79 Å². The van der Waals surface area contributed by atoms with Gasteiger partial charge in [0.25, 0.3) is 5.91 Å². The Bertz CT molecular complexity index is 1120. The Morgan fingerprint density at radius 3 is 2.71 bits per heavy atom. The third kappa shape index (κ3) is 7.24. The minimum atomic E-state index is -0.406. The molecule has 3 aliphatic rings. The number of carbonyl (C=O) groups excluding carboxylic acids is 2. The molecule has 4 rings (SSSR count). The minimum Gasteiger partial charge on any atom is -0.496 e. The van der Waals surface area contributed by atoms with Crippen molar-refractivity contribution in [2.75, 3.05) is 26.7 Å². The highest BCUT2D eigenvalue weighted by Crippen LogP contribution is 2.29. The molecule has 3 aliphatic heterocycles. The molecule has 0 bridgehead atoms. The van der Waals surface area contributed by atoms with E-state index in [1.54, 1.807) is 13.3 Å². The summed E-state index contributed by atoms with van der Waals surface area (Å²) in [5, 5.41) is 14.4. The number of carbonyl (C=O) groups is 2. The van der Waals surface area contributed by atoms with Crippen molar-refractivity contribution in [1.29, 1.82) is 0 Å². The molecular formula is C29H40N6O3. The number of urea groups is 1. The summed E-state index contributed by atoms with van der Waals surface area (Å²) in [6.45, 7) is 7.18. The average Bonchev–Trinajstić information content (AvgIpc) is 2.94. The first-order valence-corrected chi connectivity index (χ1v) is 13.7. The largest absolute Gasteiger partial charge is 0.496 e. The highest BCUT2D eigenvalue weighted by atomic mass is 16.5. The fraction of sp³-hybridized carbons (Fsp3) is 0.517. The van der Waals surface area contributed by atoms with E-state index >= 15 is 0 Å². The molecule has 3 heterocycles. The molecule has 0 radical (unpaired) electrons. The fourth-order valence-electron chi connectivity index (χ4n) is 4.92. The molecule has 1 atom stereocenters. The van der Waals surface area contributed by atoms with Gasteiger partial charge in [0.15, 0.2) is 0 Å². The number of methoxy groups -OCH3 is 1. The second-order valence-corrected chi connectivity index (χ2v) is 10.4. The zero-order chi connectivity index (χ0) is 26.9. The Kier molecular flexibility index (Phi) is 9.56. The van der Waals surface area contributed by atoms with Crippen LogP contribution in [0.25, 0.3) is 0 Å². The standard InChI is InChI=1S/C29H40N6O3/c1-21(2)9-8-13-30-31-19-24-10-7-11-27(32-24)33-28(36)25-17-23-20-35(16-12-22(23)18-26(25)38-3)29(37)34-14-5-4-6-15-34/h7,10-11,13,17-19,21,27,32H,4-6,8-9,12,14-16,20H2,1-3H3,(H,33,36). The maximum atomic E-state index is 13.3. The van der Waals surface area contributed by atoms with Crippen LogP contribution in [0.1, 0.15) is 67.4 Å². The molecule has 0 spiro atoms. The van der Waals surface area contributed by atoms with E-state index in [1.807, 2.05) is 46.4 Å². The van der Waals surface area contributed by atoms with Gasteiger partial charge in [-0.3, -0.25) is 4.79 Å². The molecule has 3 amide bonds. The molecule has 204 valence electrons. The van der Waals surface area contributed by atoms with Crippen LogP contribution in [0.5, 0.6) is 5.75 Å². The Morgan fingerprint density at radius 2 is 1.95 bits per heavy atom. The third-order valence-corrected chi connectivity index (χ3v) is 7.08. The third-order valence-electron chi connectivity index (χ3n) is 7.08. The molecule has 1 aromatic carbocycles. The van der Waals surface area contributed by atoms with E-state index in [2.05, 4.69) is 34.7 Å². The van der Waals surface area contributed by atoms with Crippen molar-refractivity contribution in [3.8, 4) is 5.75 Å². The van der Waals surface area contributed by atoms with E-state index < -0.39 is 6.17 Å². The highest BCUT2D eigenvalue weighted by Gasteiger charge is 2.28. The summed E-state index contributed by atoms with van der Waals surface area (Å²) < 4.78 is 5.58. The van der Waals surface area contributed by atoms with Crippen LogP contribution >= 0.6 is 0 Å². The number of rotatable bonds is 8. The predicted molar refractivity (Wildman–Crippen MR) is 151 cm³/mol. The second kappa shape index (κ2) is 13.3. The number of nitrogens with zero attached hydrogens (tertiary/aromatic N) is 4. The lowest BCUT2D eigenvalue weighted by atomic mass is 9.96. The molecule has 1 saturated heterocycles. The molecule has 9 nitrogen and oxygen atoms in total. The molecule has 2 N–H and O–H groups in total. The maximum Gasteiger partial charge on any atom is 0.320 e. The highest BCUT2D eigenvalue weighted by molar-refractivity contribution is 5.97. The summed E-state index contributed by atoms with van der Waals surface area (Å²) in [6, 6.07) is 3.90. The van der Waals surface area contributed by atoms with Crippen molar-refractivity contribution in [2.24, 2.45) is 16.1 Å². The van der Waals surface area contributed by atoms with Gasteiger partial charge in [0.1, 0.15) is 11.9 Å². The van der Waals surface area contributed by atoms with Crippen molar-refractivity contribution in [3.63, 3.8) is 0 Å². The molecule has 1 aromatic rings. The summed E-state index contributed by atoms with van der Waals surface area (Å²) in [6.07, 6.45) is 14.7. The van der Waals surface area contributed by atoms with Gasteiger partial charge in [0.2, 0.25) is 0 Å². The van der Waals surface area contributed by atoms with Gasteiger partial charge in [0, 0.05) is 32.4 Å². The number of piperidine rings is 1. The van der Waals surface area contributed by atoms with Crippen molar-refractivity contribution in [3.05, 3.63) is 52.7 Å². The van der Waals surface area contributed by atoms with E-state index in [1.165, 1.54) is 6.42 Å². The Hall–Kier alpha value is -3.62. The molecule has 38 heavy (non-hydrogen) atoms. The van der Waals surface area contributed by atoms with E-state index in [-0.39, 0.29) is 11.9 Å². The lowest BCUT2D eigenvalue weighted by Crippen LogP contribution is -2.47. The molecule has 0 aliphatic carbocycles. The summed E-state index contributed by atoms with van der Waals surface area (Å²) in [5.74, 6) is 0.915. The summed E-state index contributed by atoms with van der Waals surface area (Å²) in [5.41, 5.74) is 3.31. The number of fused-ring (bicyclic) bond motifs is 1. The SMILES string of the molecule is COc1cc2c(cc1C(=O)NC1C=CC=C(C=NN=CCCC(C)C)N1)CN(C(=O)N1CCCCC1)CC2. The van der Waals surface area contributed by atoms with E-state index in [0.717, 1.165) is 62.0 Å². The zero-order valence-corrected chi connectivity index (χ0v) is 22.8. The quantitative estimate of drug-likeness (QED) is 0.395. The van der Waals surface area contributed by atoms with Gasteiger partial charge >= 0.3 is 6.03 Å². The van der Waals surface area contributed by atoms with Gasteiger partial charge in [-0.2, -0.15) is 10.2 Å². The smallest absolute Gasteiger partial charge is 0.320 e. The van der Waals surface area contributed by atoms with E-state index in [4.69, 9.17) is 4.74 Å². The van der Waals surface area contributed by atoms with Gasteiger partial charge in [0.05, 0.1) is 24.6 Å². The summed E-state index contributed by atoms with van der Waals surface area (Å²) in [4.78, 5) is 30.2. The Labute approximate surface area is 225 Å². The van der Waals surface area contributed by atoms with Crippen LogP contribution < -0.4 is 15.4 Å². The maximum absolute atomic E-state index is 13.3. The normalized spacial score (nSPS) is 19.5. The van der Waals surface area contributed by atoms with Crippen molar-refractivity contribution >= 4 is 24.4 Å². The van der Waals surface area contributed by atoms with Gasteiger partial charge in [-0.05, 0) is 79.9 Å². The number of dihydropyridines is 1. The average molecular weight is 521 g/mol. The number of benzene rings is 1. The van der Waals surface area contributed by atoms with Crippen LogP contribution in [-0.4, -0.2) is 67.1 Å². The predicted octanol–water partition coefficient (Wildman–Crippen LogP) is 4.25. The molecule has 0 saturated carbocycles. The van der Waals surface area contributed by atoms with E-state index in [9.17, 15) is 9.59 Å². The number of likely N-dealkylation sites (tertiary alicyclic amines) is 1.